The first-order chi connectivity index (χ1) is 41.6. The van der Waals surface area contributed by atoms with Crippen LogP contribution in [0, 0.1) is 23.7 Å². The number of hydrogen-bond donors (Lipinski definition) is 3. The van der Waals surface area contributed by atoms with Crippen molar-refractivity contribution in [2.45, 2.75) is 350 Å². The zero-order valence-corrected chi connectivity index (χ0v) is 58.4. The molecule has 17 nitrogen and oxygen atoms in total. The third-order valence-electron chi connectivity index (χ3n) is 15.6. The van der Waals surface area contributed by atoms with Gasteiger partial charge >= 0.3 is 39.5 Å². The van der Waals surface area contributed by atoms with Crippen molar-refractivity contribution in [1.82, 2.24) is 0 Å². The molecular formula is C68H132O17P2. The predicted molar refractivity (Wildman–Crippen MR) is 349 cm³/mol. The minimum atomic E-state index is -4.95. The summed E-state index contributed by atoms with van der Waals surface area (Å²) in [5.41, 5.74) is 0. The fourth-order valence-corrected chi connectivity index (χ4v) is 11.7. The Hall–Kier alpha value is -1.94. The second-order valence-corrected chi connectivity index (χ2v) is 29.4. The Balaban J connectivity index is 5.22. The minimum Gasteiger partial charge on any atom is -0.462 e. The molecule has 0 aromatic rings. The summed E-state index contributed by atoms with van der Waals surface area (Å²) in [5, 5.41) is 10.6. The quantitative estimate of drug-likeness (QED) is 0.0222. The van der Waals surface area contributed by atoms with Crippen LogP contribution in [-0.4, -0.2) is 96.7 Å². The van der Waals surface area contributed by atoms with Gasteiger partial charge in [0, 0.05) is 25.7 Å². The van der Waals surface area contributed by atoms with E-state index in [2.05, 4.69) is 55.4 Å². The van der Waals surface area contributed by atoms with Gasteiger partial charge in [0.1, 0.15) is 19.3 Å². The number of carbonyl (C=O) groups is 4. The van der Waals surface area contributed by atoms with Crippen molar-refractivity contribution in [2.24, 2.45) is 23.7 Å². The zero-order valence-electron chi connectivity index (χ0n) is 56.6. The number of aliphatic hydroxyl groups is 1. The van der Waals surface area contributed by atoms with Gasteiger partial charge in [0.15, 0.2) is 12.2 Å². The van der Waals surface area contributed by atoms with E-state index in [1.165, 1.54) is 128 Å². The Morgan fingerprint density at radius 1 is 0.287 bits per heavy atom. The lowest BCUT2D eigenvalue weighted by Crippen LogP contribution is -2.30. The highest BCUT2D eigenvalue weighted by molar-refractivity contribution is 7.47. The second-order valence-electron chi connectivity index (χ2n) is 26.5. The number of rotatable bonds is 65. The van der Waals surface area contributed by atoms with Gasteiger partial charge in [0.05, 0.1) is 26.4 Å². The van der Waals surface area contributed by atoms with E-state index in [9.17, 15) is 43.2 Å². The van der Waals surface area contributed by atoms with Crippen LogP contribution in [0.2, 0.25) is 0 Å². The highest BCUT2D eigenvalue weighted by Crippen LogP contribution is 2.45. The topological polar surface area (TPSA) is 237 Å². The number of phosphoric acid groups is 2. The summed E-state index contributed by atoms with van der Waals surface area (Å²) >= 11 is 0. The van der Waals surface area contributed by atoms with E-state index in [4.69, 9.17) is 37.0 Å². The van der Waals surface area contributed by atoms with Crippen molar-refractivity contribution < 1.29 is 80.2 Å². The van der Waals surface area contributed by atoms with E-state index >= 15 is 0 Å². The number of unbranched alkanes of at least 4 members (excludes halogenated alkanes) is 31. The molecule has 0 saturated carbocycles. The number of hydrogen-bond acceptors (Lipinski definition) is 15. The predicted octanol–water partition coefficient (Wildman–Crippen LogP) is 18.9. The van der Waals surface area contributed by atoms with Crippen LogP contribution < -0.4 is 0 Å². The van der Waals surface area contributed by atoms with Gasteiger partial charge in [0.2, 0.25) is 0 Å². The van der Waals surface area contributed by atoms with Crippen LogP contribution in [-0.2, 0) is 65.4 Å². The molecule has 0 aliphatic rings. The van der Waals surface area contributed by atoms with Gasteiger partial charge in [-0.15, -0.1) is 0 Å². The molecule has 0 saturated heterocycles. The summed E-state index contributed by atoms with van der Waals surface area (Å²) in [7, 11) is -9.90. The van der Waals surface area contributed by atoms with Crippen LogP contribution in [0.25, 0.3) is 0 Å². The molecule has 0 radical (unpaired) electrons. The summed E-state index contributed by atoms with van der Waals surface area (Å²) in [5.74, 6) is 0.774. The van der Waals surface area contributed by atoms with E-state index in [-0.39, 0.29) is 25.7 Å². The Bertz CT molecular complexity index is 1730. The highest BCUT2D eigenvalue weighted by atomic mass is 31.2. The monoisotopic (exact) mass is 1280 g/mol. The Morgan fingerprint density at radius 2 is 0.483 bits per heavy atom. The summed E-state index contributed by atoms with van der Waals surface area (Å²) in [6.07, 6.45) is 39.2. The summed E-state index contributed by atoms with van der Waals surface area (Å²) in [4.78, 5) is 72.4. The van der Waals surface area contributed by atoms with Crippen LogP contribution >= 0.6 is 15.6 Å². The highest BCUT2D eigenvalue weighted by Gasteiger charge is 2.30. The van der Waals surface area contributed by atoms with Gasteiger partial charge in [-0.2, -0.15) is 0 Å². The normalized spacial score (nSPS) is 14.3. The molecule has 87 heavy (non-hydrogen) atoms. The first kappa shape index (κ1) is 85.1. The van der Waals surface area contributed by atoms with Crippen molar-refractivity contribution in [3.05, 3.63) is 0 Å². The van der Waals surface area contributed by atoms with E-state index in [1.54, 1.807) is 0 Å². The molecule has 0 aliphatic heterocycles. The van der Waals surface area contributed by atoms with E-state index in [1.807, 2.05) is 0 Å². The Kier molecular flexibility index (Phi) is 56.6. The molecule has 3 N–H and O–H groups in total. The molecule has 0 rings (SSSR count). The number of carbonyl (C=O) groups excluding carboxylic acids is 4. The lowest BCUT2D eigenvalue weighted by Gasteiger charge is -2.21. The van der Waals surface area contributed by atoms with Gasteiger partial charge in [-0.1, -0.05) is 280 Å². The lowest BCUT2D eigenvalue weighted by atomic mass is 10.0. The molecule has 0 aromatic carbocycles. The van der Waals surface area contributed by atoms with Crippen molar-refractivity contribution >= 4 is 39.5 Å². The molecule has 19 heteroatoms. The van der Waals surface area contributed by atoms with E-state index in [0.717, 1.165) is 108 Å². The minimum absolute atomic E-state index is 0.101. The molecule has 0 aromatic heterocycles. The van der Waals surface area contributed by atoms with E-state index < -0.39 is 97.5 Å². The molecule has 0 spiro atoms. The Labute approximate surface area is 530 Å². The summed E-state index contributed by atoms with van der Waals surface area (Å²) < 4.78 is 68.1. The van der Waals surface area contributed by atoms with Crippen molar-refractivity contribution in [1.29, 1.82) is 0 Å². The van der Waals surface area contributed by atoms with Gasteiger partial charge in [-0.05, 0) is 49.4 Å². The van der Waals surface area contributed by atoms with Crippen molar-refractivity contribution in [3.8, 4) is 0 Å². The molecule has 3 unspecified atom stereocenters. The fourth-order valence-electron chi connectivity index (χ4n) is 10.1. The standard InChI is InChI=1S/C68H132O17P2/c1-58(2)44-36-28-20-15-11-9-13-17-23-32-40-48-65(70)78-55-64(85-68(73)51-43-35-27-26-31-39-47-61(7)8)57-83-87(76,77)81-53-62(69)52-80-86(74,75)82-56-63(54-79-66(71)49-41-33-25-19-22-30-38-46-60(5)6)84-67(72)50-42-34-24-18-14-10-12-16-21-29-37-45-59(3)4/h58-64,69H,9-57H2,1-8H3,(H,74,75)(H,76,77)/t62?,63-,64-/m1/s1. The molecule has 0 bridgehead atoms. The molecule has 5 atom stereocenters. The lowest BCUT2D eigenvalue weighted by molar-refractivity contribution is -0.161. The summed E-state index contributed by atoms with van der Waals surface area (Å²) in [6, 6.07) is 0. The first-order valence-corrected chi connectivity index (χ1v) is 38.2. The van der Waals surface area contributed by atoms with Crippen molar-refractivity contribution in [2.75, 3.05) is 39.6 Å². The third-order valence-corrected chi connectivity index (χ3v) is 17.5. The van der Waals surface area contributed by atoms with Crippen LogP contribution in [0.15, 0.2) is 0 Å². The molecule has 0 aliphatic carbocycles. The van der Waals surface area contributed by atoms with Crippen LogP contribution in [0.4, 0.5) is 0 Å². The molecule has 516 valence electrons. The smallest absolute Gasteiger partial charge is 0.462 e. The number of phosphoric ester groups is 2. The average Bonchev–Trinajstić information content (AvgIpc) is 3.65. The molecule has 0 heterocycles. The molecule has 0 fully saturated rings. The van der Waals surface area contributed by atoms with Crippen LogP contribution in [0.3, 0.4) is 0 Å². The number of ether oxygens (including phenoxy) is 4. The van der Waals surface area contributed by atoms with Gasteiger partial charge < -0.3 is 33.8 Å². The largest absolute Gasteiger partial charge is 0.472 e. The average molecular weight is 1280 g/mol. The third kappa shape index (κ3) is 62.6. The number of esters is 4. The maximum absolute atomic E-state index is 13.0. The van der Waals surface area contributed by atoms with Gasteiger partial charge in [0.25, 0.3) is 0 Å². The fraction of sp³-hybridized carbons (Fsp3) is 0.941. The van der Waals surface area contributed by atoms with Crippen LogP contribution in [0.1, 0.15) is 331 Å². The molecule has 0 amide bonds. The summed E-state index contributed by atoms with van der Waals surface area (Å²) in [6.45, 7) is 14.0. The second kappa shape index (κ2) is 57.9. The Morgan fingerprint density at radius 3 is 0.713 bits per heavy atom. The maximum atomic E-state index is 13.0. The number of aliphatic hydroxyl groups excluding tert-OH is 1. The van der Waals surface area contributed by atoms with Crippen molar-refractivity contribution in [3.63, 3.8) is 0 Å². The van der Waals surface area contributed by atoms with Gasteiger partial charge in [-0.3, -0.25) is 37.3 Å². The van der Waals surface area contributed by atoms with E-state index in [0.29, 0.717) is 37.5 Å². The molecular weight excluding hydrogens is 1150 g/mol. The zero-order chi connectivity index (χ0) is 64.7. The SMILES string of the molecule is CC(C)CCCCCCCCCCCCCC(=O)OC[C@H](COP(=O)(O)OCC(O)COP(=O)(O)OC[C@@H](COC(=O)CCCCCCCCCC(C)C)OC(=O)CCCCCCCCCCCCCC(C)C)OC(=O)CCCCCCCCC(C)C. The first-order valence-electron chi connectivity index (χ1n) is 35.2. The maximum Gasteiger partial charge on any atom is 0.472 e. The van der Waals surface area contributed by atoms with Crippen LogP contribution in [0.5, 0.6) is 0 Å². The van der Waals surface area contributed by atoms with Gasteiger partial charge in [-0.25, -0.2) is 9.13 Å².